The minimum atomic E-state index is -0.449. The Morgan fingerprint density at radius 3 is 1.17 bits per heavy atom. The number of rotatable bonds is 7. The van der Waals surface area contributed by atoms with E-state index >= 15 is 0 Å². The van der Waals surface area contributed by atoms with Crippen molar-refractivity contribution in [1.29, 1.82) is 0 Å². The molecule has 18 rings (SSSR count). The molecule has 5 aliphatic rings. The minimum Gasteiger partial charge on any atom is -0.228 e. The Kier molecular flexibility index (Phi) is 9.98. The average Bonchev–Trinajstić information content (AvgIpc) is 2.75. The molecule has 2 atom stereocenters. The normalized spacial score (nSPS) is 15.0. The predicted molar refractivity (Wildman–Crippen MR) is 325 cm³/mol. The van der Waals surface area contributed by atoms with Gasteiger partial charge in [-0.25, -0.2) is 24.9 Å². The SMILES string of the molecule is c1ccc(-c2nc(-c3ccc4c(c3)C3c5ccccc5C4c4cc(-c5nc(-c6ccccc6)nc(-c6ccccc6)n5)ccc43)cc(-c3ccccc3-c3cccc4c3-c3ccccc3C43c4ccccc4-c4ccccc43)n2)cc1. The van der Waals surface area contributed by atoms with Gasteiger partial charge in [0.05, 0.1) is 16.8 Å². The highest BCUT2D eigenvalue weighted by Crippen LogP contribution is 2.64. The van der Waals surface area contributed by atoms with Crippen molar-refractivity contribution in [3.8, 4) is 101 Å². The first-order chi connectivity index (χ1) is 40.2. The highest BCUT2D eigenvalue weighted by atomic mass is 15.0. The lowest BCUT2D eigenvalue weighted by Crippen LogP contribution is -2.27. The van der Waals surface area contributed by atoms with Gasteiger partial charge in [0.25, 0.3) is 0 Å². The minimum absolute atomic E-state index is 0.0177. The molecule has 0 N–H and O–H groups in total. The van der Waals surface area contributed by atoms with Crippen LogP contribution in [-0.4, -0.2) is 24.9 Å². The van der Waals surface area contributed by atoms with Crippen molar-refractivity contribution in [2.45, 2.75) is 17.3 Å². The summed E-state index contributed by atoms with van der Waals surface area (Å²) in [4.78, 5) is 26.2. The molecule has 11 aromatic carbocycles. The van der Waals surface area contributed by atoms with Crippen molar-refractivity contribution in [1.82, 2.24) is 24.9 Å². The molecule has 0 saturated carbocycles. The van der Waals surface area contributed by atoms with Crippen LogP contribution in [0, 0.1) is 0 Å². The van der Waals surface area contributed by atoms with Crippen molar-refractivity contribution in [2.75, 3.05) is 0 Å². The van der Waals surface area contributed by atoms with E-state index in [1.54, 1.807) is 0 Å². The smallest absolute Gasteiger partial charge is 0.164 e. The van der Waals surface area contributed by atoms with Gasteiger partial charge in [-0.3, -0.25) is 0 Å². The van der Waals surface area contributed by atoms with E-state index in [0.717, 1.165) is 50.3 Å². The summed E-state index contributed by atoms with van der Waals surface area (Å²) >= 11 is 0. The molecule has 0 radical (unpaired) electrons. The quantitative estimate of drug-likeness (QED) is 0.159. The standard InChI is InChI=1S/C76H47N5/c1-4-21-46(22-5-1)72-77-67(45-68(78-72)54-30-11-10-27-51(54)55-34-20-38-66-71(55)60-33-16-19-37-65(60)76(66)63-35-17-14-28-52(63)53-29-15-18-36-64(53)76)49-39-41-58-61(43-49)69-56-31-12-13-32-57(56)70(58)62-44-50(40-42-59(62)69)75-80-73(47-23-6-2-7-24-47)79-74(81-75)48-25-8-3-9-26-48/h1-45,69-70H. The van der Waals surface area contributed by atoms with Crippen molar-refractivity contribution >= 4 is 0 Å². The molecule has 0 aliphatic heterocycles. The van der Waals surface area contributed by atoms with Crippen LogP contribution < -0.4 is 0 Å². The zero-order chi connectivity index (χ0) is 53.2. The van der Waals surface area contributed by atoms with E-state index in [1.807, 2.05) is 36.4 Å². The topological polar surface area (TPSA) is 64.5 Å². The van der Waals surface area contributed by atoms with E-state index in [9.17, 15) is 0 Å². The highest BCUT2D eigenvalue weighted by Gasteiger charge is 2.52. The van der Waals surface area contributed by atoms with E-state index in [0.29, 0.717) is 23.3 Å². The first-order valence-corrected chi connectivity index (χ1v) is 27.9. The van der Waals surface area contributed by atoms with Crippen LogP contribution in [0.25, 0.3) is 101 Å². The van der Waals surface area contributed by atoms with Crippen molar-refractivity contribution < 1.29 is 0 Å². The molecule has 2 unspecified atom stereocenters. The molecule has 5 heteroatoms. The largest absolute Gasteiger partial charge is 0.228 e. The molecule has 0 saturated heterocycles. The molecule has 0 amide bonds. The molecule has 5 aliphatic carbocycles. The third-order valence-electron chi connectivity index (χ3n) is 17.6. The highest BCUT2D eigenvalue weighted by molar-refractivity contribution is 6.02. The summed E-state index contributed by atoms with van der Waals surface area (Å²) in [7, 11) is 0. The fraction of sp³-hybridized carbons (Fsp3) is 0.0395. The second kappa shape index (κ2) is 17.8. The van der Waals surface area contributed by atoms with Crippen LogP contribution in [0.15, 0.2) is 273 Å². The summed E-state index contributed by atoms with van der Waals surface area (Å²) in [5.74, 6) is 2.68. The average molecular weight is 1030 g/mol. The molecule has 2 bridgehead atoms. The maximum absolute atomic E-state index is 5.49. The molecule has 2 heterocycles. The van der Waals surface area contributed by atoms with Crippen LogP contribution in [0.5, 0.6) is 0 Å². The van der Waals surface area contributed by atoms with Crippen molar-refractivity contribution in [2.24, 2.45) is 0 Å². The molecule has 2 aromatic heterocycles. The maximum atomic E-state index is 5.49. The first-order valence-electron chi connectivity index (χ1n) is 27.9. The van der Waals surface area contributed by atoms with E-state index in [2.05, 4.69) is 237 Å². The van der Waals surface area contributed by atoms with Crippen LogP contribution >= 0.6 is 0 Å². The van der Waals surface area contributed by atoms with Gasteiger partial charge in [-0.1, -0.05) is 255 Å². The Hall–Kier alpha value is -10.5. The van der Waals surface area contributed by atoms with Crippen LogP contribution in [0.1, 0.15) is 67.5 Å². The molecule has 13 aromatic rings. The van der Waals surface area contributed by atoms with Crippen LogP contribution in [0.2, 0.25) is 0 Å². The van der Waals surface area contributed by atoms with Crippen LogP contribution in [0.3, 0.4) is 0 Å². The number of fused-ring (bicyclic) bond motifs is 10. The zero-order valence-electron chi connectivity index (χ0n) is 43.9. The van der Waals surface area contributed by atoms with Crippen molar-refractivity contribution in [3.05, 3.63) is 329 Å². The van der Waals surface area contributed by atoms with Crippen LogP contribution in [-0.2, 0) is 5.41 Å². The Bertz CT molecular complexity index is 4620. The maximum Gasteiger partial charge on any atom is 0.164 e. The zero-order valence-corrected chi connectivity index (χ0v) is 43.9. The van der Waals surface area contributed by atoms with Gasteiger partial charge in [0.15, 0.2) is 23.3 Å². The van der Waals surface area contributed by atoms with Gasteiger partial charge in [0.2, 0.25) is 0 Å². The fourth-order valence-electron chi connectivity index (χ4n) is 14.2. The third-order valence-corrected chi connectivity index (χ3v) is 17.6. The molecule has 5 nitrogen and oxygen atoms in total. The van der Waals surface area contributed by atoms with Gasteiger partial charge in [-0.15, -0.1) is 0 Å². The molecule has 1 spiro atoms. The first kappa shape index (κ1) is 45.5. The predicted octanol–water partition coefficient (Wildman–Crippen LogP) is 17.7. The monoisotopic (exact) mass is 1030 g/mol. The lowest BCUT2D eigenvalue weighted by atomic mass is 9.60. The van der Waals surface area contributed by atoms with Gasteiger partial charge in [-0.05, 0) is 107 Å². The number of nitrogens with zero attached hydrogens (tertiary/aromatic N) is 5. The summed E-state index contributed by atoms with van der Waals surface area (Å²) in [6.45, 7) is 0. The molecular weight excluding hydrogens is 983 g/mol. The number of benzene rings is 11. The van der Waals surface area contributed by atoms with E-state index in [4.69, 9.17) is 24.9 Å². The Balaban J connectivity index is 0.807. The fourth-order valence-corrected chi connectivity index (χ4v) is 14.2. The van der Waals surface area contributed by atoms with Gasteiger partial charge >= 0.3 is 0 Å². The van der Waals surface area contributed by atoms with E-state index in [1.165, 1.54) is 83.5 Å². The number of hydrogen-bond acceptors (Lipinski definition) is 5. The summed E-state index contributed by atoms with van der Waals surface area (Å²) in [6.07, 6.45) is 0. The number of aromatic nitrogens is 5. The molecule has 0 fully saturated rings. The Labute approximate surface area is 469 Å². The third kappa shape index (κ3) is 6.76. The second-order valence-electron chi connectivity index (χ2n) is 21.7. The van der Waals surface area contributed by atoms with Gasteiger partial charge in [0, 0.05) is 45.2 Å². The molecule has 81 heavy (non-hydrogen) atoms. The molecule has 376 valence electrons. The van der Waals surface area contributed by atoms with Gasteiger partial charge < -0.3 is 0 Å². The van der Waals surface area contributed by atoms with Gasteiger partial charge in [-0.2, -0.15) is 0 Å². The van der Waals surface area contributed by atoms with Gasteiger partial charge in [0.1, 0.15) is 0 Å². The summed E-state index contributed by atoms with van der Waals surface area (Å²) < 4.78 is 0. The summed E-state index contributed by atoms with van der Waals surface area (Å²) in [6, 6.07) is 98.8. The Morgan fingerprint density at radius 1 is 0.222 bits per heavy atom. The van der Waals surface area contributed by atoms with Crippen molar-refractivity contribution in [3.63, 3.8) is 0 Å². The summed E-state index contributed by atoms with van der Waals surface area (Å²) in [5.41, 5.74) is 27.9. The number of hydrogen-bond donors (Lipinski definition) is 0. The Morgan fingerprint density at radius 2 is 0.605 bits per heavy atom. The van der Waals surface area contributed by atoms with Crippen LogP contribution in [0.4, 0.5) is 0 Å². The lowest BCUT2D eigenvalue weighted by Gasteiger charge is -2.42. The second-order valence-corrected chi connectivity index (χ2v) is 21.7. The molecular formula is C76H47N5. The van der Waals surface area contributed by atoms with E-state index in [-0.39, 0.29) is 11.8 Å². The lowest BCUT2D eigenvalue weighted by molar-refractivity contribution is 0.754. The van der Waals surface area contributed by atoms with E-state index < -0.39 is 5.41 Å². The summed E-state index contributed by atoms with van der Waals surface area (Å²) in [5, 5.41) is 0.